The van der Waals surface area contributed by atoms with Gasteiger partial charge in [-0.3, -0.25) is 9.13 Å². The minimum absolute atomic E-state index is 0. The van der Waals surface area contributed by atoms with E-state index in [9.17, 15) is 34.2 Å². The van der Waals surface area contributed by atoms with Crippen molar-refractivity contribution < 1.29 is 57.8 Å². The molecular weight excluding hydrogens is 366 g/mol. The molecule has 4 unspecified atom stereocenters. The summed E-state index contributed by atoms with van der Waals surface area (Å²) in [6.07, 6.45) is -5.54. The third-order valence-electron chi connectivity index (χ3n) is 2.36. The first-order valence-corrected chi connectivity index (χ1v) is 7.96. The van der Waals surface area contributed by atoms with Gasteiger partial charge in [-0.15, -0.1) is 0 Å². The van der Waals surface area contributed by atoms with Crippen molar-refractivity contribution in [2.75, 3.05) is 13.2 Å². The first-order chi connectivity index (χ1) is 8.84. The van der Waals surface area contributed by atoms with Crippen LogP contribution in [-0.4, -0.2) is 100 Å². The summed E-state index contributed by atoms with van der Waals surface area (Å²) in [5.74, 6) is -2.72. The maximum Gasteiger partial charge on any atom is 2.00 e. The minimum atomic E-state index is -5.22. The topological polar surface area (TPSA) is 209 Å². The van der Waals surface area contributed by atoms with Crippen LogP contribution in [0.25, 0.3) is 0 Å². The van der Waals surface area contributed by atoms with Gasteiger partial charge in [-0.05, 0) is 0 Å². The molecule has 1 rings (SSSR count). The molecule has 6 atom stereocenters. The second-order valence-electron chi connectivity index (χ2n) is 3.94. The molecule has 1 heterocycles. The SMILES string of the molecule is O=P([O-])(O)OC[C@H]1O[C@](O)(COP(=O)([O-])O)C(O)C1O.[Ca+2]. The predicted molar refractivity (Wildman–Crippen MR) is 59.1 cm³/mol. The molecule has 0 aromatic carbocycles. The van der Waals surface area contributed by atoms with Gasteiger partial charge in [0.1, 0.15) is 24.9 Å². The Morgan fingerprint density at radius 2 is 1.62 bits per heavy atom. The maximum absolute atomic E-state index is 10.4. The second kappa shape index (κ2) is 7.93. The van der Waals surface area contributed by atoms with Crippen molar-refractivity contribution in [3.05, 3.63) is 0 Å². The zero-order chi connectivity index (χ0) is 15.8. The number of phosphoric ester groups is 2. The van der Waals surface area contributed by atoms with Crippen LogP contribution in [0.1, 0.15) is 0 Å². The molecule has 12 nitrogen and oxygen atoms in total. The van der Waals surface area contributed by atoms with E-state index in [1.165, 1.54) is 0 Å². The van der Waals surface area contributed by atoms with Crippen LogP contribution in [0.2, 0.25) is 0 Å². The monoisotopic (exact) mass is 378 g/mol. The van der Waals surface area contributed by atoms with E-state index in [-0.39, 0.29) is 37.7 Å². The molecule has 120 valence electrons. The molecule has 0 aromatic rings. The summed E-state index contributed by atoms with van der Waals surface area (Å²) >= 11 is 0. The summed E-state index contributed by atoms with van der Waals surface area (Å²) < 4.78 is 33.1. The first kappa shape index (κ1) is 22.3. The molecule has 0 radical (unpaired) electrons. The molecule has 0 amide bonds. The Morgan fingerprint density at radius 1 is 1.14 bits per heavy atom. The van der Waals surface area contributed by atoms with Crippen molar-refractivity contribution in [1.29, 1.82) is 0 Å². The quantitative estimate of drug-likeness (QED) is 0.218. The van der Waals surface area contributed by atoms with Crippen molar-refractivity contribution in [1.82, 2.24) is 0 Å². The molecule has 1 aliphatic rings. The molecule has 21 heavy (non-hydrogen) atoms. The van der Waals surface area contributed by atoms with Crippen LogP contribution in [0, 0.1) is 0 Å². The average molecular weight is 378 g/mol. The molecule has 0 spiro atoms. The molecule has 0 aliphatic carbocycles. The van der Waals surface area contributed by atoms with Crippen LogP contribution >= 0.6 is 15.6 Å². The van der Waals surface area contributed by atoms with Crippen LogP contribution in [-0.2, 0) is 22.9 Å². The summed E-state index contributed by atoms with van der Waals surface area (Å²) in [6, 6.07) is 0. The van der Waals surface area contributed by atoms with Crippen LogP contribution in [0.3, 0.4) is 0 Å². The normalized spacial score (nSPS) is 38.3. The summed E-state index contributed by atoms with van der Waals surface area (Å²) in [5, 5.41) is 28.6. The molecule has 0 bridgehead atoms. The Morgan fingerprint density at radius 3 is 2.05 bits per heavy atom. The van der Waals surface area contributed by atoms with Crippen molar-refractivity contribution in [3.63, 3.8) is 0 Å². The third kappa shape index (κ3) is 7.17. The van der Waals surface area contributed by atoms with E-state index in [2.05, 4.69) is 13.8 Å². The van der Waals surface area contributed by atoms with E-state index >= 15 is 0 Å². The fourth-order valence-electron chi connectivity index (χ4n) is 1.47. The predicted octanol–water partition coefficient (Wildman–Crippen LogP) is -4.63. The van der Waals surface area contributed by atoms with E-state index in [1.54, 1.807) is 0 Å². The molecule has 15 heteroatoms. The Bertz CT molecular complexity index is 433. The average Bonchev–Trinajstić information content (AvgIpc) is 2.48. The van der Waals surface area contributed by atoms with Gasteiger partial charge in [-0.1, -0.05) is 0 Å². The summed E-state index contributed by atoms with van der Waals surface area (Å²) in [4.78, 5) is 37.4. The maximum atomic E-state index is 10.4. The van der Waals surface area contributed by atoms with Crippen molar-refractivity contribution >= 4 is 53.4 Å². The van der Waals surface area contributed by atoms with Crippen molar-refractivity contribution in [2.24, 2.45) is 0 Å². The van der Waals surface area contributed by atoms with E-state index < -0.39 is 53.0 Å². The van der Waals surface area contributed by atoms with Gasteiger partial charge in [0.2, 0.25) is 5.79 Å². The third-order valence-corrected chi connectivity index (χ3v) is 3.29. The second-order valence-corrected chi connectivity index (χ2v) is 6.33. The molecule has 5 N–H and O–H groups in total. The van der Waals surface area contributed by atoms with E-state index in [0.29, 0.717) is 0 Å². The molecule has 0 saturated carbocycles. The van der Waals surface area contributed by atoms with Crippen LogP contribution in [0.4, 0.5) is 0 Å². The van der Waals surface area contributed by atoms with Gasteiger partial charge in [0.15, 0.2) is 0 Å². The fourth-order valence-corrected chi connectivity index (χ4v) is 2.15. The van der Waals surface area contributed by atoms with Crippen LogP contribution in [0.15, 0.2) is 0 Å². The van der Waals surface area contributed by atoms with E-state index in [0.717, 1.165) is 0 Å². The number of aliphatic hydroxyl groups excluding tert-OH is 2. The van der Waals surface area contributed by atoms with Gasteiger partial charge in [-0.25, -0.2) is 0 Å². The van der Waals surface area contributed by atoms with Gasteiger partial charge in [-0.2, -0.15) is 0 Å². The standard InChI is InChI=1S/C6H14O12P2.Ca/c7-4-3(1-16-19(10,11)12)18-6(9,5(4)8)2-17-20(13,14)15;/h3-5,7-9H,1-2H2,(H2,10,11,12)(H2,13,14,15);/q;+2/p-2/t3-,4?,5?,6-;/m1./s1. The zero-order valence-electron chi connectivity index (χ0n) is 10.3. The molecule has 1 aliphatic heterocycles. The number of rotatable bonds is 6. The minimum Gasteiger partial charge on any atom is -0.756 e. The molecule has 0 aromatic heterocycles. The zero-order valence-corrected chi connectivity index (χ0v) is 14.3. The van der Waals surface area contributed by atoms with Gasteiger partial charge >= 0.3 is 37.7 Å². The van der Waals surface area contributed by atoms with Gasteiger partial charge < -0.3 is 48.7 Å². The smallest absolute Gasteiger partial charge is 0.756 e. The molecular formula is C6H12CaO12P2. The van der Waals surface area contributed by atoms with Crippen LogP contribution in [0.5, 0.6) is 0 Å². The Labute approximate surface area is 148 Å². The fraction of sp³-hybridized carbons (Fsp3) is 1.00. The number of phosphoric acid groups is 2. The van der Waals surface area contributed by atoms with Gasteiger partial charge in [0.25, 0.3) is 15.6 Å². The van der Waals surface area contributed by atoms with Crippen molar-refractivity contribution in [2.45, 2.75) is 24.1 Å². The number of aliphatic hydroxyl groups is 3. The van der Waals surface area contributed by atoms with E-state index in [1.807, 2.05) is 0 Å². The number of hydrogen-bond acceptors (Lipinski definition) is 10. The number of hydrogen-bond donors (Lipinski definition) is 5. The molecule has 1 saturated heterocycles. The summed E-state index contributed by atoms with van der Waals surface area (Å²) in [7, 11) is -10.3. The van der Waals surface area contributed by atoms with Gasteiger partial charge in [0.05, 0.1) is 6.61 Å². The largest absolute Gasteiger partial charge is 2.00 e. The summed E-state index contributed by atoms with van der Waals surface area (Å²) in [5.41, 5.74) is 0. The van der Waals surface area contributed by atoms with Crippen LogP contribution < -0.4 is 9.79 Å². The Kier molecular flexibility index (Phi) is 8.43. The summed E-state index contributed by atoms with van der Waals surface area (Å²) in [6.45, 7) is -2.21. The Hall–Kier alpha value is 1.32. The van der Waals surface area contributed by atoms with Crippen molar-refractivity contribution in [3.8, 4) is 0 Å². The van der Waals surface area contributed by atoms with E-state index in [4.69, 9.17) is 9.79 Å². The first-order valence-electron chi connectivity index (χ1n) is 4.97. The molecule has 1 fully saturated rings. The Balaban J connectivity index is 0.00000400. The number of ether oxygens (including phenoxy) is 1. The van der Waals surface area contributed by atoms with Gasteiger partial charge in [0, 0.05) is 0 Å².